The van der Waals surface area contributed by atoms with E-state index in [4.69, 9.17) is 0 Å². The molecule has 23 heavy (non-hydrogen) atoms. The van der Waals surface area contributed by atoms with Crippen LogP contribution in [0, 0.1) is 16.2 Å². The average molecular weight is 319 g/mol. The second-order valence-electron chi connectivity index (χ2n) is 8.19. The summed E-state index contributed by atoms with van der Waals surface area (Å²) < 4.78 is 1.90. The summed E-state index contributed by atoms with van der Waals surface area (Å²) in [7, 11) is 1.90. The predicted octanol–water partition coefficient (Wildman–Crippen LogP) is 2.31. The van der Waals surface area contributed by atoms with Gasteiger partial charge in [-0.15, -0.1) is 0 Å². The van der Waals surface area contributed by atoms with Crippen LogP contribution in [-0.4, -0.2) is 45.4 Å². The first-order valence-corrected chi connectivity index (χ1v) is 8.66. The molecule has 2 aliphatic carbocycles. The van der Waals surface area contributed by atoms with Crippen LogP contribution in [0.1, 0.15) is 46.5 Å². The highest BCUT2D eigenvalue weighted by Crippen LogP contribution is 2.72. The van der Waals surface area contributed by atoms with Crippen molar-refractivity contribution in [2.24, 2.45) is 16.2 Å². The number of aliphatic hydroxyl groups is 1. The number of carbonyl (C=O) groups is 1. The molecule has 0 aliphatic heterocycles. The van der Waals surface area contributed by atoms with E-state index in [1.165, 1.54) is 0 Å². The van der Waals surface area contributed by atoms with E-state index in [2.05, 4.69) is 25.9 Å². The third-order valence-corrected chi connectivity index (χ3v) is 7.17. The molecule has 3 rings (SSSR count). The molecular formula is C18H29N3O2. The quantitative estimate of drug-likeness (QED) is 0.906. The summed E-state index contributed by atoms with van der Waals surface area (Å²) >= 11 is 0. The summed E-state index contributed by atoms with van der Waals surface area (Å²) in [6, 6.07) is 1.91. The molecule has 0 radical (unpaired) electrons. The maximum atomic E-state index is 13.2. The van der Waals surface area contributed by atoms with E-state index in [1.54, 1.807) is 6.20 Å². The summed E-state index contributed by atoms with van der Waals surface area (Å²) in [5.41, 5.74) is -0.701. The van der Waals surface area contributed by atoms with E-state index in [0.29, 0.717) is 6.42 Å². The number of rotatable bonds is 5. The fourth-order valence-electron chi connectivity index (χ4n) is 4.97. The van der Waals surface area contributed by atoms with Crippen molar-refractivity contribution in [2.45, 2.75) is 59.1 Å². The lowest BCUT2D eigenvalue weighted by atomic mass is 9.64. The van der Waals surface area contributed by atoms with Crippen molar-refractivity contribution in [3.05, 3.63) is 18.5 Å². The van der Waals surface area contributed by atoms with Crippen molar-refractivity contribution in [2.75, 3.05) is 13.6 Å². The van der Waals surface area contributed by atoms with Gasteiger partial charge < -0.3 is 10.0 Å². The number of aromatic nitrogens is 2. The van der Waals surface area contributed by atoms with E-state index < -0.39 is 5.41 Å². The number of aryl methyl sites for hydroxylation is 1. The zero-order valence-corrected chi connectivity index (χ0v) is 14.7. The Morgan fingerprint density at radius 1 is 1.39 bits per heavy atom. The van der Waals surface area contributed by atoms with Crippen molar-refractivity contribution in [3.63, 3.8) is 0 Å². The SMILES string of the molecule is CN(CCCn1cccn1)C(=O)[C@@]12CC[C@@](C)([C@H](O)C1)C2(C)C. The van der Waals surface area contributed by atoms with Crippen molar-refractivity contribution in [1.29, 1.82) is 0 Å². The molecule has 0 saturated heterocycles. The van der Waals surface area contributed by atoms with Gasteiger partial charge in [-0.25, -0.2) is 0 Å². The summed E-state index contributed by atoms with van der Waals surface area (Å²) in [6.45, 7) is 8.04. The lowest BCUT2D eigenvalue weighted by molar-refractivity contribution is -0.146. The maximum absolute atomic E-state index is 13.2. The molecule has 2 bridgehead atoms. The van der Waals surface area contributed by atoms with Crippen molar-refractivity contribution in [3.8, 4) is 0 Å². The average Bonchev–Trinajstić information content (AvgIpc) is 3.11. The van der Waals surface area contributed by atoms with E-state index in [9.17, 15) is 9.90 Å². The number of aliphatic hydroxyl groups excluding tert-OH is 1. The highest BCUT2D eigenvalue weighted by atomic mass is 16.3. The number of amides is 1. The molecule has 1 heterocycles. The maximum Gasteiger partial charge on any atom is 0.229 e. The zero-order valence-electron chi connectivity index (χ0n) is 14.7. The molecule has 5 heteroatoms. The fraction of sp³-hybridized carbons (Fsp3) is 0.778. The Hall–Kier alpha value is -1.36. The predicted molar refractivity (Wildman–Crippen MR) is 88.7 cm³/mol. The van der Waals surface area contributed by atoms with Crippen LogP contribution in [0.15, 0.2) is 18.5 Å². The van der Waals surface area contributed by atoms with Crippen LogP contribution in [0.4, 0.5) is 0 Å². The minimum absolute atomic E-state index is 0.140. The first kappa shape index (κ1) is 16.5. The molecule has 3 atom stereocenters. The summed E-state index contributed by atoms with van der Waals surface area (Å²) in [6.07, 6.45) is 6.69. The molecule has 1 aromatic rings. The van der Waals surface area contributed by atoms with E-state index in [-0.39, 0.29) is 22.8 Å². The Morgan fingerprint density at radius 3 is 2.65 bits per heavy atom. The fourth-order valence-corrected chi connectivity index (χ4v) is 4.97. The lowest BCUT2D eigenvalue weighted by Gasteiger charge is -2.41. The van der Waals surface area contributed by atoms with Gasteiger partial charge in [0.25, 0.3) is 0 Å². The molecule has 128 valence electrons. The van der Waals surface area contributed by atoms with Gasteiger partial charge in [0.15, 0.2) is 0 Å². The van der Waals surface area contributed by atoms with Crippen LogP contribution in [0.3, 0.4) is 0 Å². The molecule has 1 aromatic heterocycles. The van der Waals surface area contributed by atoms with Crippen LogP contribution in [0.2, 0.25) is 0 Å². The smallest absolute Gasteiger partial charge is 0.229 e. The van der Waals surface area contributed by atoms with Crippen LogP contribution in [-0.2, 0) is 11.3 Å². The van der Waals surface area contributed by atoms with Gasteiger partial charge in [0, 0.05) is 32.5 Å². The summed E-state index contributed by atoms with van der Waals surface area (Å²) in [5, 5.41) is 14.7. The molecule has 0 aromatic carbocycles. The zero-order chi connectivity index (χ0) is 16.9. The normalized spacial score (nSPS) is 34.7. The minimum Gasteiger partial charge on any atom is -0.393 e. The van der Waals surface area contributed by atoms with Crippen molar-refractivity contribution < 1.29 is 9.90 Å². The minimum atomic E-state index is -0.401. The first-order valence-electron chi connectivity index (χ1n) is 8.66. The topological polar surface area (TPSA) is 58.4 Å². The summed E-state index contributed by atoms with van der Waals surface area (Å²) in [5.74, 6) is 0.211. The van der Waals surface area contributed by atoms with Crippen LogP contribution in [0.5, 0.6) is 0 Å². The van der Waals surface area contributed by atoms with E-state index >= 15 is 0 Å². The van der Waals surface area contributed by atoms with Gasteiger partial charge in [-0.1, -0.05) is 20.8 Å². The van der Waals surface area contributed by atoms with Crippen LogP contribution in [0.25, 0.3) is 0 Å². The monoisotopic (exact) mass is 319 g/mol. The van der Waals surface area contributed by atoms with Gasteiger partial charge in [-0.3, -0.25) is 9.48 Å². The molecule has 5 nitrogen and oxygen atoms in total. The molecule has 1 amide bonds. The molecule has 2 aliphatic rings. The van der Waals surface area contributed by atoms with Gasteiger partial charge >= 0.3 is 0 Å². The number of hydrogen-bond acceptors (Lipinski definition) is 3. The molecule has 2 saturated carbocycles. The van der Waals surface area contributed by atoms with Gasteiger partial charge in [-0.2, -0.15) is 5.10 Å². The highest BCUT2D eigenvalue weighted by Gasteiger charge is 2.72. The third kappa shape index (κ3) is 2.16. The number of hydrogen-bond donors (Lipinski definition) is 1. The number of nitrogens with zero attached hydrogens (tertiary/aromatic N) is 3. The number of carbonyl (C=O) groups excluding carboxylic acids is 1. The van der Waals surface area contributed by atoms with E-state index in [0.717, 1.165) is 32.4 Å². The standard InChI is InChI=1S/C18H29N3O2/c1-16(2)17(3)7-8-18(16,13-14(17)22)15(23)20(4)10-6-12-21-11-5-9-19-21/h5,9,11,14,22H,6-8,10,12-13H2,1-4H3/t14-,17+,18-/m1/s1. The van der Waals surface area contributed by atoms with Crippen molar-refractivity contribution in [1.82, 2.24) is 14.7 Å². The second kappa shape index (κ2) is 5.33. The van der Waals surface area contributed by atoms with Crippen LogP contribution >= 0.6 is 0 Å². The molecule has 1 N–H and O–H groups in total. The third-order valence-electron chi connectivity index (χ3n) is 7.17. The molecule has 2 fully saturated rings. The van der Waals surface area contributed by atoms with Gasteiger partial charge in [0.2, 0.25) is 5.91 Å². The second-order valence-corrected chi connectivity index (χ2v) is 8.19. The van der Waals surface area contributed by atoms with Crippen LogP contribution < -0.4 is 0 Å². The largest absolute Gasteiger partial charge is 0.393 e. The van der Waals surface area contributed by atoms with Crippen molar-refractivity contribution >= 4 is 5.91 Å². The molecule has 0 unspecified atom stereocenters. The Balaban J connectivity index is 1.67. The first-order chi connectivity index (χ1) is 10.7. The Morgan fingerprint density at radius 2 is 2.13 bits per heavy atom. The Labute approximate surface area is 138 Å². The number of fused-ring (bicyclic) bond motifs is 2. The van der Waals surface area contributed by atoms with Gasteiger partial charge in [0.05, 0.1) is 11.5 Å². The van der Waals surface area contributed by atoms with E-state index in [1.807, 2.05) is 28.9 Å². The Bertz CT molecular complexity index is 583. The molecule has 0 spiro atoms. The highest BCUT2D eigenvalue weighted by molar-refractivity contribution is 5.85. The lowest BCUT2D eigenvalue weighted by Crippen LogP contribution is -2.47. The summed E-state index contributed by atoms with van der Waals surface area (Å²) in [4.78, 5) is 15.1. The van der Waals surface area contributed by atoms with Gasteiger partial charge in [0.1, 0.15) is 0 Å². The van der Waals surface area contributed by atoms with Gasteiger partial charge in [-0.05, 0) is 42.6 Å². The Kier molecular flexibility index (Phi) is 3.82. The molecular weight excluding hydrogens is 290 g/mol.